The first-order chi connectivity index (χ1) is 13.5. The number of benzene rings is 1. The van der Waals surface area contributed by atoms with Crippen LogP contribution in [0.15, 0.2) is 36.7 Å². The topological polar surface area (TPSA) is 90.3 Å². The predicted octanol–water partition coefficient (Wildman–Crippen LogP) is 3.39. The van der Waals surface area contributed by atoms with Gasteiger partial charge in [-0.25, -0.2) is 14.5 Å². The lowest BCUT2D eigenvalue weighted by atomic mass is 10.1. The summed E-state index contributed by atoms with van der Waals surface area (Å²) in [5.41, 5.74) is 2.47. The van der Waals surface area contributed by atoms with E-state index in [1.165, 1.54) is 0 Å². The number of urea groups is 1. The molecule has 0 bridgehead atoms. The molecule has 0 aliphatic heterocycles. The van der Waals surface area contributed by atoms with Gasteiger partial charge in [0.05, 0.1) is 32.3 Å². The maximum Gasteiger partial charge on any atom is 0.319 e. The van der Waals surface area contributed by atoms with Crippen LogP contribution in [0.2, 0.25) is 0 Å². The van der Waals surface area contributed by atoms with Gasteiger partial charge in [0.15, 0.2) is 17.1 Å². The highest BCUT2D eigenvalue weighted by Gasteiger charge is 2.09. The van der Waals surface area contributed by atoms with Crippen LogP contribution in [0.3, 0.4) is 0 Å². The minimum atomic E-state index is -0.280. The van der Waals surface area contributed by atoms with Gasteiger partial charge in [0.25, 0.3) is 0 Å². The van der Waals surface area contributed by atoms with Crippen molar-refractivity contribution >= 4 is 22.8 Å². The van der Waals surface area contributed by atoms with Crippen LogP contribution in [-0.4, -0.2) is 41.6 Å². The van der Waals surface area contributed by atoms with E-state index < -0.39 is 0 Å². The zero-order chi connectivity index (χ0) is 20.1. The summed E-state index contributed by atoms with van der Waals surface area (Å²) < 4.78 is 12.4. The fraction of sp³-hybridized carbons (Fsp3) is 0.350. The molecule has 0 unspecified atom stereocenters. The Morgan fingerprint density at radius 2 is 1.93 bits per heavy atom. The van der Waals surface area contributed by atoms with Crippen molar-refractivity contribution in [3.63, 3.8) is 0 Å². The van der Waals surface area contributed by atoms with E-state index in [1.807, 2.05) is 42.8 Å². The third-order valence-corrected chi connectivity index (χ3v) is 4.33. The highest BCUT2D eigenvalue weighted by molar-refractivity contribution is 5.91. The minimum Gasteiger partial charge on any atom is -0.493 e. The first kappa shape index (κ1) is 19.5. The maximum absolute atomic E-state index is 12.2. The third-order valence-electron chi connectivity index (χ3n) is 4.33. The van der Waals surface area contributed by atoms with Crippen LogP contribution in [-0.2, 0) is 6.42 Å². The van der Waals surface area contributed by atoms with Crippen molar-refractivity contribution in [3.05, 3.63) is 42.2 Å². The van der Waals surface area contributed by atoms with Gasteiger partial charge in [-0.05, 0) is 44.0 Å². The predicted molar refractivity (Wildman–Crippen MR) is 108 cm³/mol. The van der Waals surface area contributed by atoms with Crippen molar-refractivity contribution in [2.75, 3.05) is 26.1 Å². The van der Waals surface area contributed by atoms with Gasteiger partial charge in [0, 0.05) is 18.0 Å². The molecule has 2 amide bonds. The van der Waals surface area contributed by atoms with Gasteiger partial charge in [-0.1, -0.05) is 6.07 Å². The molecule has 0 atom stereocenters. The van der Waals surface area contributed by atoms with Gasteiger partial charge in [0.2, 0.25) is 0 Å². The van der Waals surface area contributed by atoms with Crippen LogP contribution in [0.5, 0.6) is 11.5 Å². The molecular weight excluding hydrogens is 358 g/mol. The SMILES string of the molecule is COc1ccc(CCNC(=O)Nc2cnc3c(cnn3C(C)C)c2)cc1OC. The second-order valence-corrected chi connectivity index (χ2v) is 6.64. The summed E-state index contributed by atoms with van der Waals surface area (Å²) in [7, 11) is 3.20. The minimum absolute atomic E-state index is 0.226. The second-order valence-electron chi connectivity index (χ2n) is 6.64. The monoisotopic (exact) mass is 383 g/mol. The van der Waals surface area contributed by atoms with Crippen LogP contribution >= 0.6 is 0 Å². The number of carbonyl (C=O) groups is 1. The number of rotatable bonds is 7. The van der Waals surface area contributed by atoms with Crippen LogP contribution in [0, 0.1) is 0 Å². The molecule has 3 rings (SSSR count). The lowest BCUT2D eigenvalue weighted by Crippen LogP contribution is -2.30. The summed E-state index contributed by atoms with van der Waals surface area (Å²) in [6.07, 6.45) is 4.06. The molecule has 2 aromatic heterocycles. The number of nitrogens with zero attached hydrogens (tertiary/aromatic N) is 3. The highest BCUT2D eigenvalue weighted by atomic mass is 16.5. The number of fused-ring (bicyclic) bond motifs is 1. The summed E-state index contributed by atoms with van der Waals surface area (Å²) in [5, 5.41) is 10.9. The lowest BCUT2D eigenvalue weighted by molar-refractivity contribution is 0.252. The fourth-order valence-electron chi connectivity index (χ4n) is 2.92. The van der Waals surface area contributed by atoms with Crippen molar-refractivity contribution < 1.29 is 14.3 Å². The number of amides is 2. The molecule has 148 valence electrons. The molecule has 0 aliphatic carbocycles. The van der Waals surface area contributed by atoms with E-state index in [2.05, 4.69) is 20.7 Å². The summed E-state index contributed by atoms with van der Waals surface area (Å²) in [4.78, 5) is 16.6. The summed E-state index contributed by atoms with van der Waals surface area (Å²) in [6.45, 7) is 4.58. The quantitative estimate of drug-likeness (QED) is 0.653. The van der Waals surface area contributed by atoms with Gasteiger partial charge in [-0.2, -0.15) is 5.10 Å². The van der Waals surface area contributed by atoms with E-state index in [1.54, 1.807) is 26.6 Å². The Balaban J connectivity index is 1.55. The number of anilines is 1. The Bertz CT molecular complexity index is 968. The lowest BCUT2D eigenvalue weighted by Gasteiger charge is -2.11. The zero-order valence-corrected chi connectivity index (χ0v) is 16.5. The molecule has 0 spiro atoms. The molecule has 3 aromatic rings. The van der Waals surface area contributed by atoms with Crippen LogP contribution in [0.1, 0.15) is 25.5 Å². The van der Waals surface area contributed by atoms with Crippen molar-refractivity contribution in [1.82, 2.24) is 20.1 Å². The Kier molecular flexibility index (Phi) is 5.98. The molecule has 2 heterocycles. The number of aromatic nitrogens is 3. The van der Waals surface area contributed by atoms with E-state index in [9.17, 15) is 4.79 Å². The Morgan fingerprint density at radius 1 is 1.14 bits per heavy atom. The molecule has 0 saturated heterocycles. The van der Waals surface area contributed by atoms with Gasteiger partial charge in [0.1, 0.15) is 0 Å². The van der Waals surface area contributed by atoms with Gasteiger partial charge in [-0.3, -0.25) is 0 Å². The largest absolute Gasteiger partial charge is 0.493 e. The first-order valence-corrected chi connectivity index (χ1v) is 9.11. The maximum atomic E-state index is 12.2. The fourth-order valence-corrected chi connectivity index (χ4v) is 2.92. The Labute approximate surface area is 163 Å². The van der Waals surface area contributed by atoms with Crippen molar-refractivity contribution in [2.45, 2.75) is 26.3 Å². The molecule has 0 aliphatic rings. The molecule has 0 fully saturated rings. The number of nitrogens with one attached hydrogen (secondary N) is 2. The van der Waals surface area contributed by atoms with Crippen molar-refractivity contribution in [2.24, 2.45) is 0 Å². The third kappa shape index (κ3) is 4.33. The molecule has 28 heavy (non-hydrogen) atoms. The smallest absolute Gasteiger partial charge is 0.319 e. The molecule has 0 radical (unpaired) electrons. The van der Waals surface area contributed by atoms with Gasteiger partial charge >= 0.3 is 6.03 Å². The van der Waals surface area contributed by atoms with E-state index in [4.69, 9.17) is 9.47 Å². The number of pyridine rings is 1. The average Bonchev–Trinajstić information content (AvgIpc) is 3.11. The number of methoxy groups -OCH3 is 2. The van der Waals surface area contributed by atoms with Gasteiger partial charge < -0.3 is 20.1 Å². The van der Waals surface area contributed by atoms with Crippen LogP contribution < -0.4 is 20.1 Å². The summed E-state index contributed by atoms with van der Waals surface area (Å²) in [5.74, 6) is 1.35. The Morgan fingerprint density at radius 3 is 2.64 bits per heavy atom. The average molecular weight is 383 g/mol. The first-order valence-electron chi connectivity index (χ1n) is 9.11. The number of carbonyl (C=O) groups excluding carboxylic acids is 1. The molecular formula is C20H25N5O3. The van der Waals surface area contributed by atoms with Gasteiger partial charge in [-0.15, -0.1) is 0 Å². The van der Waals surface area contributed by atoms with Crippen LogP contribution in [0.4, 0.5) is 10.5 Å². The van der Waals surface area contributed by atoms with Crippen molar-refractivity contribution in [3.8, 4) is 11.5 Å². The number of hydrogen-bond donors (Lipinski definition) is 2. The van der Waals surface area contributed by atoms with E-state index >= 15 is 0 Å². The van der Waals surface area contributed by atoms with Crippen molar-refractivity contribution in [1.29, 1.82) is 0 Å². The molecule has 0 saturated carbocycles. The highest BCUT2D eigenvalue weighted by Crippen LogP contribution is 2.27. The second kappa shape index (κ2) is 8.60. The summed E-state index contributed by atoms with van der Waals surface area (Å²) in [6, 6.07) is 7.52. The molecule has 1 aromatic carbocycles. The standard InChI is InChI=1S/C20H25N5O3/c1-13(2)25-19-15(11-23-25)10-16(12-22-19)24-20(26)21-8-7-14-5-6-17(27-3)18(9-14)28-4/h5-6,9-13H,7-8H2,1-4H3,(H2,21,24,26). The number of hydrogen-bond acceptors (Lipinski definition) is 5. The zero-order valence-electron chi connectivity index (χ0n) is 16.5. The molecule has 8 heteroatoms. The van der Waals surface area contributed by atoms with Crippen LogP contribution in [0.25, 0.3) is 11.0 Å². The molecule has 2 N–H and O–H groups in total. The normalized spacial score (nSPS) is 10.9. The van der Waals surface area contributed by atoms with E-state index in [0.717, 1.165) is 16.6 Å². The van der Waals surface area contributed by atoms with E-state index in [0.29, 0.717) is 30.2 Å². The summed E-state index contributed by atoms with van der Waals surface area (Å²) >= 11 is 0. The Hall–Kier alpha value is -3.29. The molecule has 8 nitrogen and oxygen atoms in total. The van der Waals surface area contributed by atoms with E-state index in [-0.39, 0.29) is 12.1 Å². The number of ether oxygens (including phenoxy) is 2.